The lowest BCUT2D eigenvalue weighted by Gasteiger charge is -2.34. The van der Waals surface area contributed by atoms with E-state index >= 15 is 0 Å². The van der Waals surface area contributed by atoms with E-state index in [1.807, 2.05) is 0 Å². The van der Waals surface area contributed by atoms with Crippen molar-refractivity contribution in [3.05, 3.63) is 52.8 Å². The van der Waals surface area contributed by atoms with E-state index in [-0.39, 0.29) is 41.2 Å². The van der Waals surface area contributed by atoms with Crippen LogP contribution in [0.2, 0.25) is 5.15 Å². The molecule has 0 spiro atoms. The van der Waals surface area contributed by atoms with Crippen LogP contribution in [-0.2, 0) is 16.1 Å². The van der Waals surface area contributed by atoms with Crippen molar-refractivity contribution in [2.24, 2.45) is 11.7 Å². The first-order valence-electron chi connectivity index (χ1n) is 11.5. The smallest absolute Gasteiger partial charge is 0.269 e. The standard InChI is InChI=1S/C24H25ClN6O4/c1-12(32)15-4-2-5-16-20(23(26)34)29-30(22(15)16)11-19(33)31-14-9-8-13(10-14)21(31)24(35)28-18-7-3-6-17(25)27-18/h2-7,12-14,21,32H,8-11H2,1H3,(H2,26,34)(H,27,28,35)/t12?,13-,14+,21-/m0/s1. The minimum atomic E-state index is -0.850. The summed E-state index contributed by atoms with van der Waals surface area (Å²) >= 11 is 5.94. The molecule has 3 amide bonds. The minimum Gasteiger partial charge on any atom is -0.389 e. The van der Waals surface area contributed by atoms with Crippen molar-refractivity contribution >= 4 is 46.0 Å². The lowest BCUT2D eigenvalue weighted by Crippen LogP contribution is -2.52. The van der Waals surface area contributed by atoms with Crippen LogP contribution in [0.1, 0.15) is 48.3 Å². The number of aromatic nitrogens is 3. The van der Waals surface area contributed by atoms with Gasteiger partial charge in [0.1, 0.15) is 23.6 Å². The van der Waals surface area contributed by atoms with E-state index in [1.54, 1.807) is 48.2 Å². The maximum Gasteiger partial charge on any atom is 0.269 e. The van der Waals surface area contributed by atoms with Gasteiger partial charge in [-0.05, 0) is 44.2 Å². The van der Waals surface area contributed by atoms with Gasteiger partial charge in [-0.2, -0.15) is 5.10 Å². The van der Waals surface area contributed by atoms with Gasteiger partial charge in [-0.25, -0.2) is 4.98 Å². The molecule has 3 heterocycles. The summed E-state index contributed by atoms with van der Waals surface area (Å²) < 4.78 is 1.40. The number of carbonyl (C=O) groups excluding carboxylic acids is 3. The summed E-state index contributed by atoms with van der Waals surface area (Å²) in [5.74, 6) is -0.962. The van der Waals surface area contributed by atoms with Crippen LogP contribution in [-0.4, -0.2) is 54.6 Å². The predicted molar refractivity (Wildman–Crippen MR) is 129 cm³/mol. The number of amides is 3. The molecule has 1 aromatic carbocycles. The molecule has 10 nitrogen and oxygen atoms in total. The molecule has 2 aromatic heterocycles. The van der Waals surface area contributed by atoms with Crippen LogP contribution >= 0.6 is 11.6 Å². The zero-order chi connectivity index (χ0) is 24.9. The first kappa shape index (κ1) is 23.3. The van der Waals surface area contributed by atoms with E-state index in [9.17, 15) is 19.5 Å². The molecule has 1 aliphatic carbocycles. The number of nitrogens with zero attached hydrogens (tertiary/aromatic N) is 4. The van der Waals surface area contributed by atoms with Crippen molar-refractivity contribution in [1.82, 2.24) is 19.7 Å². The van der Waals surface area contributed by atoms with Gasteiger partial charge in [-0.15, -0.1) is 0 Å². The number of piperidine rings is 1. The molecule has 2 bridgehead atoms. The lowest BCUT2D eigenvalue weighted by atomic mass is 9.97. The number of anilines is 1. The van der Waals surface area contributed by atoms with Crippen LogP contribution in [0, 0.1) is 5.92 Å². The second-order valence-electron chi connectivity index (χ2n) is 9.10. The zero-order valence-electron chi connectivity index (χ0n) is 19.0. The summed E-state index contributed by atoms with van der Waals surface area (Å²) in [7, 11) is 0. The highest BCUT2D eigenvalue weighted by Gasteiger charge is 2.51. The van der Waals surface area contributed by atoms with Crippen LogP contribution in [0.4, 0.5) is 5.82 Å². The molecular weight excluding hydrogens is 472 g/mol. The van der Waals surface area contributed by atoms with Gasteiger partial charge < -0.3 is 21.1 Å². The van der Waals surface area contributed by atoms with E-state index in [1.165, 1.54) is 4.68 Å². The summed E-state index contributed by atoms with van der Waals surface area (Å²) in [6, 6.07) is 9.35. The fourth-order valence-electron chi connectivity index (χ4n) is 5.47. The van der Waals surface area contributed by atoms with Gasteiger partial charge in [-0.3, -0.25) is 19.1 Å². The van der Waals surface area contributed by atoms with Crippen molar-refractivity contribution in [1.29, 1.82) is 0 Å². The number of nitrogens with two attached hydrogens (primary N) is 1. The van der Waals surface area contributed by atoms with E-state index in [0.29, 0.717) is 22.3 Å². The Hall–Kier alpha value is -3.50. The average Bonchev–Trinajstić information content (AvgIpc) is 3.52. The van der Waals surface area contributed by atoms with E-state index in [0.717, 1.165) is 19.3 Å². The Bertz CT molecular complexity index is 1340. The first-order chi connectivity index (χ1) is 16.7. The lowest BCUT2D eigenvalue weighted by molar-refractivity contribution is -0.141. The second-order valence-corrected chi connectivity index (χ2v) is 9.48. The molecule has 1 aliphatic heterocycles. The van der Waals surface area contributed by atoms with Crippen LogP contribution in [0.15, 0.2) is 36.4 Å². The SMILES string of the molecule is CC(O)c1cccc2c(C(N)=O)nn(CC(=O)N3[C@@H]4CC[C@@H](C4)[C@H]3C(=O)Nc3cccc(Cl)n3)c12. The number of rotatable bonds is 6. The van der Waals surface area contributed by atoms with E-state index in [4.69, 9.17) is 17.3 Å². The van der Waals surface area contributed by atoms with E-state index in [2.05, 4.69) is 15.4 Å². The molecule has 1 saturated heterocycles. The Morgan fingerprint density at radius 3 is 2.71 bits per heavy atom. The average molecular weight is 497 g/mol. The number of fused-ring (bicyclic) bond motifs is 3. The Balaban J connectivity index is 1.46. The normalized spacial score (nSPS) is 21.9. The van der Waals surface area contributed by atoms with Gasteiger partial charge in [0.15, 0.2) is 5.69 Å². The van der Waals surface area contributed by atoms with Crippen LogP contribution < -0.4 is 11.1 Å². The highest BCUT2D eigenvalue weighted by Crippen LogP contribution is 2.43. The molecule has 2 fully saturated rings. The van der Waals surface area contributed by atoms with Crippen LogP contribution in [0.3, 0.4) is 0 Å². The number of aliphatic hydroxyl groups is 1. The van der Waals surface area contributed by atoms with E-state index < -0.39 is 18.1 Å². The largest absolute Gasteiger partial charge is 0.389 e. The van der Waals surface area contributed by atoms with Gasteiger partial charge >= 0.3 is 0 Å². The third-order valence-corrected chi connectivity index (χ3v) is 7.09. The fraction of sp³-hybridized carbons (Fsp3) is 0.375. The molecule has 2 aliphatic rings. The Morgan fingerprint density at radius 2 is 2.00 bits per heavy atom. The van der Waals surface area contributed by atoms with Crippen LogP contribution in [0.25, 0.3) is 10.9 Å². The molecule has 182 valence electrons. The third kappa shape index (κ3) is 4.12. The van der Waals surface area contributed by atoms with Crippen molar-refractivity contribution in [2.45, 2.75) is 50.9 Å². The zero-order valence-corrected chi connectivity index (χ0v) is 19.8. The highest BCUT2D eigenvalue weighted by molar-refractivity contribution is 6.29. The number of halogens is 1. The molecule has 1 saturated carbocycles. The number of primary amides is 1. The third-order valence-electron chi connectivity index (χ3n) is 6.88. The monoisotopic (exact) mass is 496 g/mol. The summed E-state index contributed by atoms with van der Waals surface area (Å²) in [5.41, 5.74) is 6.55. The number of hydrogen-bond acceptors (Lipinski definition) is 6. The number of nitrogens with one attached hydrogen (secondary N) is 1. The quantitative estimate of drug-likeness (QED) is 0.446. The molecule has 1 unspecified atom stereocenters. The van der Waals surface area contributed by atoms with Gasteiger partial charge in [0, 0.05) is 17.0 Å². The van der Waals surface area contributed by atoms with Gasteiger partial charge in [-0.1, -0.05) is 35.9 Å². The van der Waals surface area contributed by atoms with Gasteiger partial charge in [0.2, 0.25) is 11.8 Å². The van der Waals surface area contributed by atoms with Gasteiger partial charge in [0.25, 0.3) is 5.91 Å². The molecule has 0 radical (unpaired) electrons. The summed E-state index contributed by atoms with van der Waals surface area (Å²) in [4.78, 5) is 44.6. The minimum absolute atomic E-state index is 0.0274. The number of aliphatic hydroxyl groups excluding tert-OH is 1. The Morgan fingerprint density at radius 1 is 1.23 bits per heavy atom. The topological polar surface area (TPSA) is 143 Å². The molecule has 3 aromatic rings. The number of para-hydroxylation sites is 1. The maximum atomic E-state index is 13.6. The molecular formula is C24H25ClN6O4. The molecule has 5 rings (SSSR count). The number of pyridine rings is 1. The molecule has 4 atom stereocenters. The summed E-state index contributed by atoms with van der Waals surface area (Å²) in [6.07, 6.45) is 1.58. The number of carbonyl (C=O) groups is 3. The van der Waals surface area contributed by atoms with Gasteiger partial charge in [0.05, 0.1) is 11.6 Å². The number of hydrogen-bond donors (Lipinski definition) is 3. The number of benzene rings is 1. The summed E-state index contributed by atoms with van der Waals surface area (Å²) in [6.45, 7) is 1.40. The number of likely N-dealkylation sites (tertiary alicyclic amines) is 1. The maximum absolute atomic E-state index is 13.6. The molecule has 35 heavy (non-hydrogen) atoms. The van der Waals surface area contributed by atoms with Crippen molar-refractivity contribution in [3.8, 4) is 0 Å². The van der Waals surface area contributed by atoms with Crippen LogP contribution in [0.5, 0.6) is 0 Å². The molecule has 4 N–H and O–H groups in total. The second kappa shape index (κ2) is 8.94. The first-order valence-corrected chi connectivity index (χ1v) is 11.8. The van der Waals surface area contributed by atoms with Crippen molar-refractivity contribution < 1.29 is 19.5 Å². The summed E-state index contributed by atoms with van der Waals surface area (Å²) in [5, 5.41) is 18.1. The predicted octanol–water partition coefficient (Wildman–Crippen LogP) is 2.26. The Labute approximate surface area is 206 Å². The van der Waals surface area contributed by atoms with Crippen molar-refractivity contribution in [3.63, 3.8) is 0 Å². The molecule has 11 heteroatoms. The fourth-order valence-corrected chi connectivity index (χ4v) is 5.63. The Kier molecular flexibility index (Phi) is 5.94. The van der Waals surface area contributed by atoms with Crippen molar-refractivity contribution in [2.75, 3.05) is 5.32 Å². The highest BCUT2D eigenvalue weighted by atomic mass is 35.5.